The lowest BCUT2D eigenvalue weighted by Gasteiger charge is -2.38. The maximum atomic E-state index is 13.3. The third kappa shape index (κ3) is 3.50. The number of nitrogens with zero attached hydrogens (tertiary/aromatic N) is 2. The summed E-state index contributed by atoms with van der Waals surface area (Å²) in [6, 6.07) is 6.50. The molecule has 1 aromatic heterocycles. The molecular formula is C19H23FN2O2. The summed E-state index contributed by atoms with van der Waals surface area (Å²) in [4.78, 5) is 18.4. The maximum Gasteiger partial charge on any atom is 0.222 e. The number of likely N-dealkylation sites (tertiary alicyclic amines) is 1. The summed E-state index contributed by atoms with van der Waals surface area (Å²) in [6.45, 7) is 5.43. The fourth-order valence-electron chi connectivity index (χ4n) is 3.37. The number of halogens is 1. The Balaban J connectivity index is 1.75. The Labute approximate surface area is 141 Å². The van der Waals surface area contributed by atoms with Gasteiger partial charge >= 0.3 is 0 Å². The number of aromatic nitrogens is 1. The molecule has 0 spiro atoms. The lowest BCUT2D eigenvalue weighted by atomic mass is 9.81. The fraction of sp³-hybridized carbons (Fsp3) is 0.474. The number of oxazole rings is 1. The molecule has 1 saturated heterocycles. The summed E-state index contributed by atoms with van der Waals surface area (Å²) < 4.78 is 19.3. The van der Waals surface area contributed by atoms with E-state index in [9.17, 15) is 9.18 Å². The van der Waals surface area contributed by atoms with Crippen molar-refractivity contribution in [1.29, 1.82) is 0 Å². The van der Waals surface area contributed by atoms with Gasteiger partial charge in [0.25, 0.3) is 0 Å². The van der Waals surface area contributed by atoms with Crippen LogP contribution in [0, 0.1) is 5.82 Å². The molecule has 0 aliphatic carbocycles. The number of piperidine rings is 1. The molecule has 3 rings (SSSR count). The Kier molecular flexibility index (Phi) is 4.69. The average Bonchev–Trinajstić information content (AvgIpc) is 3.03. The number of carbonyl (C=O) groups excluding carboxylic acids is 1. The van der Waals surface area contributed by atoms with E-state index in [1.165, 1.54) is 12.1 Å². The number of amides is 1. The zero-order valence-electron chi connectivity index (χ0n) is 14.2. The predicted molar refractivity (Wildman–Crippen MR) is 89.2 cm³/mol. The van der Waals surface area contributed by atoms with Crippen LogP contribution >= 0.6 is 0 Å². The molecule has 1 amide bonds. The zero-order valence-corrected chi connectivity index (χ0v) is 14.2. The van der Waals surface area contributed by atoms with Crippen molar-refractivity contribution < 1.29 is 13.6 Å². The van der Waals surface area contributed by atoms with E-state index in [4.69, 9.17) is 4.42 Å². The van der Waals surface area contributed by atoms with Crippen LogP contribution in [0.1, 0.15) is 50.3 Å². The normalized spacial score (nSPS) is 21.0. The van der Waals surface area contributed by atoms with Crippen molar-refractivity contribution in [2.45, 2.75) is 44.9 Å². The van der Waals surface area contributed by atoms with Crippen LogP contribution in [0.5, 0.6) is 0 Å². The Morgan fingerprint density at radius 1 is 1.46 bits per heavy atom. The first-order valence-corrected chi connectivity index (χ1v) is 8.47. The van der Waals surface area contributed by atoms with Gasteiger partial charge in [0.05, 0.1) is 11.6 Å². The van der Waals surface area contributed by atoms with E-state index >= 15 is 0 Å². The van der Waals surface area contributed by atoms with Crippen LogP contribution < -0.4 is 0 Å². The molecule has 128 valence electrons. The molecule has 4 nitrogen and oxygen atoms in total. The highest BCUT2D eigenvalue weighted by Gasteiger charge is 2.38. The third-order valence-corrected chi connectivity index (χ3v) is 4.69. The van der Waals surface area contributed by atoms with E-state index in [1.54, 1.807) is 12.3 Å². The molecular weight excluding hydrogens is 307 g/mol. The molecule has 24 heavy (non-hydrogen) atoms. The minimum atomic E-state index is -0.261. The Morgan fingerprint density at radius 2 is 2.29 bits per heavy atom. The van der Waals surface area contributed by atoms with Crippen LogP contribution in [-0.4, -0.2) is 28.9 Å². The molecule has 5 heteroatoms. The first kappa shape index (κ1) is 16.7. The van der Waals surface area contributed by atoms with Gasteiger partial charge in [-0.1, -0.05) is 19.1 Å². The highest BCUT2D eigenvalue weighted by molar-refractivity contribution is 5.76. The summed E-state index contributed by atoms with van der Waals surface area (Å²) in [5.74, 6) is 1.31. The number of rotatable bonds is 4. The minimum absolute atomic E-state index is 0.174. The van der Waals surface area contributed by atoms with Gasteiger partial charge in [-0.3, -0.25) is 4.79 Å². The van der Waals surface area contributed by atoms with E-state index in [0.717, 1.165) is 30.7 Å². The SMILES string of the molecule is CCC(=O)N1CCCC(C)(c2ncc(Cc3cccc(F)c3)o2)C1. The van der Waals surface area contributed by atoms with E-state index in [0.29, 0.717) is 25.3 Å². The van der Waals surface area contributed by atoms with Crippen molar-refractivity contribution in [3.05, 3.63) is 53.5 Å². The second kappa shape index (κ2) is 6.75. The second-order valence-corrected chi connectivity index (χ2v) is 6.77. The van der Waals surface area contributed by atoms with Crippen molar-refractivity contribution in [3.8, 4) is 0 Å². The summed E-state index contributed by atoms with van der Waals surface area (Å²) in [5, 5.41) is 0. The number of hydrogen-bond acceptors (Lipinski definition) is 3. The minimum Gasteiger partial charge on any atom is -0.445 e. The van der Waals surface area contributed by atoms with Crippen LogP contribution in [0.4, 0.5) is 4.39 Å². The van der Waals surface area contributed by atoms with Crippen LogP contribution in [0.15, 0.2) is 34.9 Å². The largest absolute Gasteiger partial charge is 0.445 e. The molecule has 1 aromatic carbocycles. The Morgan fingerprint density at radius 3 is 3.04 bits per heavy atom. The van der Waals surface area contributed by atoms with Gasteiger partial charge in [0.15, 0.2) is 0 Å². The first-order valence-electron chi connectivity index (χ1n) is 8.47. The summed E-state index contributed by atoms with van der Waals surface area (Å²) in [7, 11) is 0. The van der Waals surface area contributed by atoms with E-state index in [-0.39, 0.29) is 17.1 Å². The summed E-state index contributed by atoms with van der Waals surface area (Å²) in [6.07, 6.45) is 4.64. The maximum absolute atomic E-state index is 13.3. The molecule has 1 fully saturated rings. The van der Waals surface area contributed by atoms with Gasteiger partial charge in [0.1, 0.15) is 11.6 Å². The molecule has 1 aliphatic rings. The molecule has 2 aromatic rings. The summed E-state index contributed by atoms with van der Waals surface area (Å²) in [5.41, 5.74) is 0.595. The number of carbonyl (C=O) groups is 1. The summed E-state index contributed by atoms with van der Waals surface area (Å²) >= 11 is 0. The Hall–Kier alpha value is -2.17. The smallest absolute Gasteiger partial charge is 0.222 e. The van der Waals surface area contributed by atoms with Crippen LogP contribution in [-0.2, 0) is 16.6 Å². The van der Waals surface area contributed by atoms with Gasteiger partial charge in [0, 0.05) is 25.9 Å². The van der Waals surface area contributed by atoms with Crippen molar-refractivity contribution in [2.24, 2.45) is 0 Å². The third-order valence-electron chi connectivity index (χ3n) is 4.69. The average molecular weight is 330 g/mol. The van der Waals surface area contributed by atoms with Crippen molar-refractivity contribution in [2.75, 3.05) is 13.1 Å². The molecule has 1 atom stereocenters. The van der Waals surface area contributed by atoms with Crippen LogP contribution in [0.2, 0.25) is 0 Å². The lowest BCUT2D eigenvalue weighted by Crippen LogP contribution is -2.47. The lowest BCUT2D eigenvalue weighted by molar-refractivity contribution is -0.133. The van der Waals surface area contributed by atoms with Gasteiger partial charge in [-0.15, -0.1) is 0 Å². The Bertz CT molecular complexity index is 728. The van der Waals surface area contributed by atoms with Gasteiger partial charge in [-0.2, -0.15) is 0 Å². The van der Waals surface area contributed by atoms with E-state index < -0.39 is 0 Å². The number of benzene rings is 1. The highest BCUT2D eigenvalue weighted by atomic mass is 19.1. The monoisotopic (exact) mass is 330 g/mol. The highest BCUT2D eigenvalue weighted by Crippen LogP contribution is 2.33. The van der Waals surface area contributed by atoms with Gasteiger partial charge in [-0.05, 0) is 37.5 Å². The van der Waals surface area contributed by atoms with Crippen LogP contribution in [0.3, 0.4) is 0 Å². The second-order valence-electron chi connectivity index (χ2n) is 6.77. The number of hydrogen-bond donors (Lipinski definition) is 0. The zero-order chi connectivity index (χ0) is 17.2. The predicted octanol–water partition coefficient (Wildman–Crippen LogP) is 3.69. The van der Waals surface area contributed by atoms with E-state index in [2.05, 4.69) is 11.9 Å². The standard InChI is InChI=1S/C19H23FN2O2/c1-3-17(23)22-9-5-8-19(2,13-22)18-21-12-16(24-18)11-14-6-4-7-15(20)10-14/h4,6-7,10,12H,3,5,8-9,11,13H2,1-2H3. The first-order chi connectivity index (χ1) is 11.5. The van der Waals surface area contributed by atoms with Crippen LogP contribution in [0.25, 0.3) is 0 Å². The molecule has 0 radical (unpaired) electrons. The molecule has 0 saturated carbocycles. The van der Waals surface area contributed by atoms with Crippen molar-refractivity contribution in [3.63, 3.8) is 0 Å². The molecule has 2 heterocycles. The molecule has 1 aliphatic heterocycles. The molecule has 0 N–H and O–H groups in total. The van der Waals surface area contributed by atoms with Gasteiger partial charge in [-0.25, -0.2) is 9.37 Å². The topological polar surface area (TPSA) is 46.3 Å². The fourth-order valence-corrected chi connectivity index (χ4v) is 3.37. The van der Waals surface area contributed by atoms with Gasteiger partial charge in [0.2, 0.25) is 11.8 Å². The van der Waals surface area contributed by atoms with Crippen molar-refractivity contribution >= 4 is 5.91 Å². The van der Waals surface area contributed by atoms with Crippen molar-refractivity contribution in [1.82, 2.24) is 9.88 Å². The quantitative estimate of drug-likeness (QED) is 0.859. The molecule has 0 bridgehead atoms. The van der Waals surface area contributed by atoms with E-state index in [1.807, 2.05) is 17.9 Å². The molecule has 1 unspecified atom stereocenters. The van der Waals surface area contributed by atoms with Gasteiger partial charge < -0.3 is 9.32 Å².